The summed E-state index contributed by atoms with van der Waals surface area (Å²) in [5, 5.41) is 8.30. The van der Waals surface area contributed by atoms with Crippen molar-refractivity contribution in [3.8, 4) is 0 Å². The van der Waals surface area contributed by atoms with Gasteiger partial charge in [0, 0.05) is 16.1 Å². The number of hydrogen-bond acceptors (Lipinski definition) is 4. The van der Waals surface area contributed by atoms with E-state index >= 15 is 0 Å². The van der Waals surface area contributed by atoms with Crippen molar-refractivity contribution in [3.05, 3.63) is 69.9 Å². The zero-order chi connectivity index (χ0) is 18.3. The van der Waals surface area contributed by atoms with E-state index in [0.717, 1.165) is 10.2 Å². The summed E-state index contributed by atoms with van der Waals surface area (Å²) in [6.45, 7) is 1.75. The number of benzene rings is 2. The Bertz CT molecular complexity index is 1210. The van der Waals surface area contributed by atoms with Gasteiger partial charge in [0.1, 0.15) is 12.9 Å². The Labute approximate surface area is 152 Å². The molecule has 0 radical (unpaired) electrons. The lowest BCUT2D eigenvalue weighted by Crippen LogP contribution is -2.28. The third-order valence-electron chi connectivity index (χ3n) is 3.98. The van der Waals surface area contributed by atoms with Crippen LogP contribution in [0.3, 0.4) is 0 Å². The second-order valence-electron chi connectivity index (χ2n) is 5.96. The van der Waals surface area contributed by atoms with Gasteiger partial charge in [-0.25, -0.2) is 18.9 Å². The molecule has 2 aromatic carbocycles. The molecular weight excluding hydrogens is 354 g/mol. The van der Waals surface area contributed by atoms with E-state index in [0.29, 0.717) is 27.3 Å². The normalized spacial score (nSPS) is 11.2. The molecule has 0 unspecified atom stereocenters. The molecule has 4 rings (SSSR count). The first-order valence-electron chi connectivity index (χ1n) is 7.91. The van der Waals surface area contributed by atoms with Gasteiger partial charge in [0.25, 0.3) is 0 Å². The Morgan fingerprint density at radius 3 is 2.88 bits per heavy atom. The zero-order valence-electron chi connectivity index (χ0n) is 13.8. The van der Waals surface area contributed by atoms with E-state index < -0.39 is 5.69 Å². The number of carbonyl (C=O) groups excluding carboxylic acids is 1. The smallest absolute Gasteiger partial charge is 0.324 e. The van der Waals surface area contributed by atoms with Gasteiger partial charge in [-0.15, -0.1) is 5.10 Å². The zero-order valence-corrected chi connectivity index (χ0v) is 14.6. The van der Waals surface area contributed by atoms with Crippen LogP contribution >= 0.6 is 11.6 Å². The van der Waals surface area contributed by atoms with Crippen molar-refractivity contribution in [3.63, 3.8) is 0 Å². The molecule has 26 heavy (non-hydrogen) atoms. The monoisotopic (exact) mass is 367 g/mol. The van der Waals surface area contributed by atoms with Gasteiger partial charge in [0.15, 0.2) is 5.65 Å². The van der Waals surface area contributed by atoms with E-state index in [1.54, 1.807) is 24.3 Å². The highest BCUT2D eigenvalue weighted by Crippen LogP contribution is 2.19. The molecular formula is C18H14ClN5O2. The van der Waals surface area contributed by atoms with E-state index in [4.69, 9.17) is 11.6 Å². The number of hydrogen-bond donors (Lipinski definition) is 1. The number of carbonyl (C=O) groups is 1. The number of nitrogens with zero attached hydrogens (tertiary/aromatic N) is 4. The Balaban J connectivity index is 1.68. The molecule has 8 heteroatoms. The summed E-state index contributed by atoms with van der Waals surface area (Å²) in [4.78, 5) is 29.0. The fourth-order valence-corrected chi connectivity index (χ4v) is 2.96. The second-order valence-corrected chi connectivity index (χ2v) is 6.39. The lowest BCUT2D eigenvalue weighted by Gasteiger charge is -2.05. The molecule has 4 aromatic rings. The molecule has 0 aliphatic heterocycles. The summed E-state index contributed by atoms with van der Waals surface area (Å²) in [5.74, 6) is -0.332. The van der Waals surface area contributed by atoms with Crippen LogP contribution in [0.4, 0.5) is 5.69 Å². The topological polar surface area (TPSA) is 81.3 Å². The third-order valence-corrected chi connectivity index (χ3v) is 4.21. The van der Waals surface area contributed by atoms with E-state index in [2.05, 4.69) is 15.4 Å². The van der Waals surface area contributed by atoms with Gasteiger partial charge in [-0.05, 0) is 42.8 Å². The SMILES string of the molecule is Cc1cccc(NC(=O)Cn2nc3c4ccc(Cl)cc4ncn3c2=O)c1. The molecule has 0 saturated heterocycles. The molecule has 1 amide bonds. The van der Waals surface area contributed by atoms with E-state index in [9.17, 15) is 9.59 Å². The molecule has 0 saturated carbocycles. The molecule has 0 fully saturated rings. The minimum Gasteiger partial charge on any atom is -0.324 e. The van der Waals surface area contributed by atoms with Gasteiger partial charge >= 0.3 is 5.69 Å². The van der Waals surface area contributed by atoms with Gasteiger partial charge in [-0.1, -0.05) is 23.7 Å². The Kier molecular flexibility index (Phi) is 3.93. The van der Waals surface area contributed by atoms with Crippen LogP contribution in [0.25, 0.3) is 16.6 Å². The van der Waals surface area contributed by atoms with Crippen LogP contribution in [0, 0.1) is 6.92 Å². The number of halogens is 1. The molecule has 0 atom stereocenters. The summed E-state index contributed by atoms with van der Waals surface area (Å²) in [6.07, 6.45) is 1.39. The lowest BCUT2D eigenvalue weighted by atomic mass is 10.2. The standard InChI is InChI=1S/C18H14ClN5O2/c1-11-3-2-4-13(7-11)21-16(25)9-24-18(26)23-10-20-15-8-12(19)5-6-14(15)17(23)22-24/h2-8,10H,9H2,1H3,(H,21,25). The predicted octanol–water partition coefficient (Wildman–Crippen LogP) is 2.64. The van der Waals surface area contributed by atoms with Crippen LogP contribution in [0.15, 0.2) is 53.6 Å². The van der Waals surface area contributed by atoms with Gasteiger partial charge in [-0.3, -0.25) is 4.79 Å². The lowest BCUT2D eigenvalue weighted by molar-refractivity contribution is -0.117. The summed E-state index contributed by atoms with van der Waals surface area (Å²) in [6, 6.07) is 12.6. The maximum Gasteiger partial charge on any atom is 0.352 e. The van der Waals surface area contributed by atoms with Crippen LogP contribution in [0.1, 0.15) is 5.56 Å². The van der Waals surface area contributed by atoms with Crippen molar-refractivity contribution >= 4 is 39.7 Å². The van der Waals surface area contributed by atoms with Crippen LogP contribution in [0.2, 0.25) is 5.02 Å². The van der Waals surface area contributed by atoms with Crippen molar-refractivity contribution in [2.75, 3.05) is 5.32 Å². The Morgan fingerprint density at radius 2 is 2.08 bits per heavy atom. The van der Waals surface area contributed by atoms with Gasteiger partial charge in [0.05, 0.1) is 5.52 Å². The molecule has 0 bridgehead atoms. The first-order valence-corrected chi connectivity index (χ1v) is 8.29. The highest BCUT2D eigenvalue weighted by molar-refractivity contribution is 6.31. The molecule has 1 N–H and O–H groups in total. The van der Waals surface area contributed by atoms with Crippen molar-refractivity contribution in [2.24, 2.45) is 0 Å². The third kappa shape index (κ3) is 2.93. The second kappa shape index (κ2) is 6.27. The summed E-state index contributed by atoms with van der Waals surface area (Å²) in [7, 11) is 0. The average molecular weight is 368 g/mol. The minimum atomic E-state index is -0.427. The Morgan fingerprint density at radius 1 is 1.23 bits per heavy atom. The fourth-order valence-electron chi connectivity index (χ4n) is 2.79. The highest BCUT2D eigenvalue weighted by Gasteiger charge is 2.14. The quantitative estimate of drug-likeness (QED) is 0.603. The largest absolute Gasteiger partial charge is 0.352 e. The van der Waals surface area contributed by atoms with Crippen LogP contribution in [0.5, 0.6) is 0 Å². The van der Waals surface area contributed by atoms with E-state index in [-0.39, 0.29) is 12.5 Å². The van der Waals surface area contributed by atoms with Crippen molar-refractivity contribution in [1.29, 1.82) is 0 Å². The minimum absolute atomic E-state index is 0.191. The summed E-state index contributed by atoms with van der Waals surface area (Å²) >= 11 is 5.98. The maximum atomic E-state index is 12.5. The number of amides is 1. The summed E-state index contributed by atoms with van der Waals surface area (Å²) in [5.41, 5.74) is 2.34. The van der Waals surface area contributed by atoms with Crippen molar-refractivity contribution < 1.29 is 4.79 Å². The molecule has 0 aliphatic rings. The summed E-state index contributed by atoms with van der Waals surface area (Å²) < 4.78 is 2.44. The molecule has 2 heterocycles. The first-order chi connectivity index (χ1) is 12.5. The number of aromatic nitrogens is 4. The van der Waals surface area contributed by atoms with E-state index in [1.807, 2.05) is 25.1 Å². The number of nitrogens with one attached hydrogen (secondary N) is 1. The van der Waals surface area contributed by atoms with E-state index in [1.165, 1.54) is 10.7 Å². The van der Waals surface area contributed by atoms with Gasteiger partial charge in [-0.2, -0.15) is 0 Å². The number of anilines is 1. The number of rotatable bonds is 3. The van der Waals surface area contributed by atoms with Crippen LogP contribution in [-0.2, 0) is 11.3 Å². The molecule has 7 nitrogen and oxygen atoms in total. The first kappa shape index (κ1) is 16.3. The molecule has 0 aliphatic carbocycles. The average Bonchev–Trinajstić information content (AvgIpc) is 2.90. The molecule has 2 aromatic heterocycles. The number of fused-ring (bicyclic) bond motifs is 3. The molecule has 130 valence electrons. The fraction of sp³-hybridized carbons (Fsp3) is 0.111. The van der Waals surface area contributed by atoms with Crippen LogP contribution < -0.4 is 11.0 Å². The van der Waals surface area contributed by atoms with Crippen molar-refractivity contribution in [2.45, 2.75) is 13.5 Å². The maximum absolute atomic E-state index is 12.5. The van der Waals surface area contributed by atoms with Crippen molar-refractivity contribution in [1.82, 2.24) is 19.2 Å². The molecule has 0 spiro atoms. The predicted molar refractivity (Wildman–Crippen MR) is 99.6 cm³/mol. The van der Waals surface area contributed by atoms with Crippen LogP contribution in [-0.4, -0.2) is 25.1 Å². The Hall–Kier alpha value is -3.19. The highest BCUT2D eigenvalue weighted by atomic mass is 35.5. The van der Waals surface area contributed by atoms with Gasteiger partial charge in [0.2, 0.25) is 5.91 Å². The van der Waals surface area contributed by atoms with Gasteiger partial charge < -0.3 is 5.32 Å². The number of aryl methyl sites for hydroxylation is 1.